The van der Waals surface area contributed by atoms with Gasteiger partial charge >= 0.3 is 24.1 Å². The van der Waals surface area contributed by atoms with Crippen molar-refractivity contribution in [2.45, 2.75) is 73.6 Å². The first-order valence-corrected chi connectivity index (χ1v) is 37.7. The maximum absolute atomic E-state index is 12.3. The molecule has 0 saturated heterocycles. The van der Waals surface area contributed by atoms with E-state index in [1.165, 1.54) is 13.2 Å². The predicted molar refractivity (Wildman–Crippen MR) is 440 cm³/mol. The molecule has 0 atom stereocenters. The van der Waals surface area contributed by atoms with E-state index in [2.05, 4.69) is 129 Å². The third-order valence-electron chi connectivity index (χ3n) is 15.4. The number of sulfone groups is 1. The second kappa shape index (κ2) is 41.5. The Balaban J connectivity index is 0.000000172. The Hall–Kier alpha value is -13.8. The number of para-hydroxylation sites is 4. The van der Waals surface area contributed by atoms with Crippen LogP contribution in [0.5, 0.6) is 0 Å². The summed E-state index contributed by atoms with van der Waals surface area (Å²) in [4.78, 5) is 123. The Labute approximate surface area is 645 Å². The van der Waals surface area contributed by atoms with Gasteiger partial charge in [-0.2, -0.15) is 19.9 Å². The number of benzene rings is 4. The van der Waals surface area contributed by atoms with Crippen molar-refractivity contribution in [3.63, 3.8) is 0 Å². The summed E-state index contributed by atoms with van der Waals surface area (Å²) in [5.74, 6) is 5.00. The molecule has 0 aliphatic carbocycles. The standard InChI is InChI=1S/C20H23N7O2.C20H22N6O2.C19H22N6O3S.C18H21N7O/c1-13-12-18(22-11-5-10-21-14(2)28)25-19(23-13)27-20(29)26-17-9-8-15-6-3-4-7-16(15)24-17;1-13-12-18(21-11-5-6-14(2)27)24-19(22-13)26-20(28)25-17-10-9-15-7-3-4-8-16(15)23-17;1-13-12-17(20-10-5-11-29(2,27)28)23-18(21-13)25-19(26)24-16-9-8-14-6-3-4-7-15(14)22-16;1-12-11-16(20-10-4-9-19)23-17(21-12)25-18(26)24-15-8-7-13-5-2-3-6-14(13)22-15/h3-4,6-9,12H,5,10-11H2,1-2H3,(H,21,28)(H3,22,23,24,25,26,27,29);3-4,7-10,12H,5-6,11H2,1-2H3,(H3,21,22,23,24,25,26,28);3-4,6-9,12H,5,10-11H2,1-2H3,(H3,20,21,22,23,24,25,26);2-3,5-8,11H,4,9-10,19H2,1H3,(H3,20,21,22,23,24,25,26). The van der Waals surface area contributed by atoms with Gasteiger partial charge in [0.05, 0.1) is 27.8 Å². The molecule has 0 radical (unpaired) electrons. The Morgan fingerprint density at radius 1 is 0.330 bits per heavy atom. The van der Waals surface area contributed by atoms with Crippen LogP contribution in [0, 0.1) is 27.7 Å². The van der Waals surface area contributed by atoms with Crippen LogP contribution < -0.4 is 74.9 Å². The molecule has 4 aromatic carbocycles. The van der Waals surface area contributed by atoms with Gasteiger partial charge in [0.2, 0.25) is 29.7 Å². The van der Waals surface area contributed by atoms with Crippen molar-refractivity contribution in [3.8, 4) is 0 Å². The summed E-state index contributed by atoms with van der Waals surface area (Å²) in [6, 6.07) is 50.3. The van der Waals surface area contributed by atoms with Gasteiger partial charge in [-0.1, -0.05) is 72.8 Å². The third kappa shape index (κ3) is 28.7. The zero-order valence-electron chi connectivity index (χ0n) is 62.8. The minimum Gasteiger partial charge on any atom is -0.370 e. The molecule has 0 bridgehead atoms. The summed E-state index contributed by atoms with van der Waals surface area (Å²) in [5, 5.41) is 40.4. The number of nitrogens with two attached hydrogens (primary N) is 1. The number of pyridine rings is 4. The first-order valence-electron chi connectivity index (χ1n) is 35.7. The van der Waals surface area contributed by atoms with Gasteiger partial charge in [0, 0.05) is 121 Å². The minimum atomic E-state index is -3.00. The highest BCUT2D eigenvalue weighted by atomic mass is 32.2. The Bertz CT molecular complexity index is 5390. The van der Waals surface area contributed by atoms with Crippen molar-refractivity contribution < 1.29 is 37.2 Å². The fourth-order valence-electron chi connectivity index (χ4n) is 10.4. The van der Waals surface area contributed by atoms with Crippen molar-refractivity contribution in [1.82, 2.24) is 65.1 Å². The summed E-state index contributed by atoms with van der Waals surface area (Å²) < 4.78 is 22.4. The number of aromatic nitrogens is 12. The van der Waals surface area contributed by atoms with Gasteiger partial charge in [-0.3, -0.25) is 47.3 Å². The zero-order chi connectivity index (χ0) is 79.8. The molecule has 35 heteroatoms. The van der Waals surface area contributed by atoms with E-state index in [1.807, 2.05) is 148 Å². The largest absolute Gasteiger partial charge is 0.370 e. The number of ketones is 1. The van der Waals surface area contributed by atoms with Crippen molar-refractivity contribution in [3.05, 3.63) is 193 Å². The number of urea groups is 4. The lowest BCUT2D eigenvalue weighted by Crippen LogP contribution is -2.23. The highest BCUT2D eigenvalue weighted by Crippen LogP contribution is 2.21. The van der Waals surface area contributed by atoms with E-state index in [0.717, 1.165) is 68.6 Å². The summed E-state index contributed by atoms with van der Waals surface area (Å²) in [6.45, 7) is 13.9. The van der Waals surface area contributed by atoms with Gasteiger partial charge in [0.25, 0.3) is 0 Å². The van der Waals surface area contributed by atoms with Gasteiger partial charge in [-0.15, -0.1) is 0 Å². The number of aryl methyl sites for hydroxylation is 4. The van der Waals surface area contributed by atoms with E-state index in [-0.39, 0.29) is 41.2 Å². The fraction of sp³-hybridized carbons (Fsp3) is 0.247. The molecule has 9 amide bonds. The van der Waals surface area contributed by atoms with Crippen LogP contribution >= 0.6 is 0 Å². The van der Waals surface area contributed by atoms with Crippen molar-refractivity contribution in [1.29, 1.82) is 0 Å². The number of fused-ring (bicyclic) bond motifs is 4. The van der Waals surface area contributed by atoms with Gasteiger partial charge in [-0.05, 0) is 140 Å². The van der Waals surface area contributed by atoms with E-state index in [1.54, 1.807) is 56.3 Å². The number of hydrogen-bond donors (Lipinski definition) is 14. The van der Waals surface area contributed by atoms with Gasteiger partial charge < -0.3 is 37.1 Å². The quantitative estimate of drug-likeness (QED) is 0.0213. The molecule has 15 N–H and O–H groups in total. The predicted octanol–water partition coefficient (Wildman–Crippen LogP) is 12.2. The molecule has 0 fully saturated rings. The molecule has 0 aliphatic heterocycles. The maximum Gasteiger partial charge on any atom is 0.327 e. The molecule has 12 aromatic rings. The van der Waals surface area contributed by atoms with Crippen LogP contribution in [0.4, 0.5) is 89.5 Å². The van der Waals surface area contributed by atoms with Crippen LogP contribution in [-0.2, 0) is 19.4 Å². The highest BCUT2D eigenvalue weighted by molar-refractivity contribution is 7.90. The second-order valence-corrected chi connectivity index (χ2v) is 27.5. The van der Waals surface area contributed by atoms with Crippen LogP contribution in [0.2, 0.25) is 0 Å². The lowest BCUT2D eigenvalue weighted by atomic mass is 10.2. The van der Waals surface area contributed by atoms with Gasteiger partial charge in [0.1, 0.15) is 62.2 Å². The summed E-state index contributed by atoms with van der Waals surface area (Å²) in [5.41, 5.74) is 11.5. The van der Waals surface area contributed by atoms with Crippen LogP contribution in [0.25, 0.3) is 43.6 Å². The zero-order valence-corrected chi connectivity index (χ0v) is 63.6. The molecular weight excluding hydrogens is 1450 g/mol. The fourth-order valence-corrected chi connectivity index (χ4v) is 11.1. The van der Waals surface area contributed by atoms with E-state index in [0.29, 0.717) is 116 Å². The van der Waals surface area contributed by atoms with Crippen LogP contribution in [0.3, 0.4) is 0 Å². The number of Topliss-reactive ketones (excluding diaryl/α,β-unsaturated/α-hetero) is 1. The van der Waals surface area contributed by atoms with Crippen molar-refractivity contribution in [2.75, 3.05) is 115 Å². The number of carbonyl (C=O) groups excluding carboxylic acids is 6. The number of hydrogen-bond acceptors (Lipinski definition) is 25. The van der Waals surface area contributed by atoms with Crippen molar-refractivity contribution >= 4 is 160 Å². The number of nitrogens with zero attached hydrogens (tertiary/aromatic N) is 12. The normalized spacial score (nSPS) is 10.7. The average molecular weight is 1540 g/mol. The van der Waals surface area contributed by atoms with E-state index in [9.17, 15) is 37.2 Å². The molecule has 12 rings (SSSR count). The lowest BCUT2D eigenvalue weighted by Gasteiger charge is -2.10. The SMILES string of the molecule is CC(=O)CCCNc1cc(C)nc(NC(=O)Nc2ccc3ccccc3n2)n1.CC(=O)NCCCNc1cc(C)nc(NC(=O)Nc2ccc3ccccc3n2)n1.Cc1cc(NCCCN)nc(NC(=O)Nc2ccc3ccccc3n2)n1.Cc1cc(NCCCS(C)(=O)=O)nc(NC(=O)Nc2ccc3ccccc3n2)n1. The summed E-state index contributed by atoms with van der Waals surface area (Å²) in [6.07, 6.45) is 4.48. The Kier molecular flexibility index (Phi) is 30.5. The maximum atomic E-state index is 12.3. The molecule has 0 saturated carbocycles. The Morgan fingerprint density at radius 2 is 0.616 bits per heavy atom. The van der Waals surface area contributed by atoms with Gasteiger partial charge in [0.15, 0.2) is 0 Å². The molecule has 0 spiro atoms. The lowest BCUT2D eigenvalue weighted by molar-refractivity contribution is -0.119. The highest BCUT2D eigenvalue weighted by Gasteiger charge is 2.15. The first-order chi connectivity index (χ1) is 53.9. The summed E-state index contributed by atoms with van der Waals surface area (Å²) >= 11 is 0. The van der Waals surface area contributed by atoms with E-state index < -0.39 is 34.0 Å². The molecule has 8 heterocycles. The smallest absolute Gasteiger partial charge is 0.327 e. The number of carbonyl (C=O) groups is 6. The summed E-state index contributed by atoms with van der Waals surface area (Å²) in [7, 11) is -3.00. The monoisotopic (exact) mass is 1540 g/mol. The van der Waals surface area contributed by atoms with E-state index >= 15 is 0 Å². The molecule has 34 nitrogen and oxygen atoms in total. The topological polar surface area (TPSA) is 474 Å². The van der Waals surface area contributed by atoms with Crippen molar-refractivity contribution in [2.24, 2.45) is 5.73 Å². The third-order valence-corrected chi connectivity index (χ3v) is 16.4. The number of nitrogens with one attached hydrogen (secondary N) is 13. The number of anilines is 12. The second-order valence-electron chi connectivity index (χ2n) is 25.2. The minimum absolute atomic E-state index is 0.0544. The molecule has 8 aromatic heterocycles. The van der Waals surface area contributed by atoms with E-state index in [4.69, 9.17) is 5.73 Å². The number of amides is 9. The van der Waals surface area contributed by atoms with Crippen LogP contribution in [0.1, 0.15) is 68.7 Å². The molecule has 580 valence electrons. The molecule has 112 heavy (non-hydrogen) atoms. The molecular formula is C77H88N26O8S. The Morgan fingerprint density at radius 3 is 0.902 bits per heavy atom. The van der Waals surface area contributed by atoms with Crippen LogP contribution in [0.15, 0.2) is 170 Å². The molecule has 0 unspecified atom stereocenters. The molecule has 0 aliphatic rings. The van der Waals surface area contributed by atoms with Gasteiger partial charge in [-0.25, -0.2) is 67.5 Å². The first kappa shape index (κ1) is 82.2. The number of rotatable bonds is 27. The average Bonchev–Trinajstić information content (AvgIpc) is 0.850. The van der Waals surface area contributed by atoms with Crippen LogP contribution in [-0.4, -0.2) is 155 Å².